The minimum atomic E-state index is -1.94. The molecule has 1 unspecified atom stereocenters. The van der Waals surface area contributed by atoms with Crippen LogP contribution in [-0.4, -0.2) is 14.9 Å². The standard InChI is InChI=1S/C29H32O3Si/c1-19-12-14-22-24-18-30-25-17-21(32-33(5,6)29(2,3)4)13-15-23(25)27(24)28(31-26(22)16-19)20-10-8-7-9-11-20/h7-17,28H,18H2,1-6H3. The molecule has 0 saturated carbocycles. The van der Waals surface area contributed by atoms with Gasteiger partial charge in [-0.2, -0.15) is 0 Å². The molecule has 1 atom stereocenters. The highest BCUT2D eigenvalue weighted by Gasteiger charge is 2.40. The van der Waals surface area contributed by atoms with Crippen molar-refractivity contribution in [3.8, 4) is 17.2 Å². The smallest absolute Gasteiger partial charge is 0.250 e. The number of aryl methyl sites for hydroxylation is 1. The van der Waals surface area contributed by atoms with Crippen LogP contribution in [0.1, 0.15) is 49.1 Å². The maximum atomic E-state index is 6.64. The Bertz CT molecular complexity index is 1240. The predicted molar refractivity (Wildman–Crippen MR) is 138 cm³/mol. The second-order valence-electron chi connectivity index (χ2n) is 10.6. The molecule has 2 heterocycles. The molecule has 33 heavy (non-hydrogen) atoms. The summed E-state index contributed by atoms with van der Waals surface area (Å²) in [5.41, 5.74) is 6.93. The average Bonchev–Trinajstić information content (AvgIpc) is 2.77. The first kappa shape index (κ1) is 21.8. The van der Waals surface area contributed by atoms with Gasteiger partial charge in [0, 0.05) is 28.3 Å². The lowest BCUT2D eigenvalue weighted by molar-refractivity contribution is 0.253. The van der Waals surface area contributed by atoms with Crippen molar-refractivity contribution in [2.24, 2.45) is 0 Å². The summed E-state index contributed by atoms with van der Waals surface area (Å²) < 4.78 is 19.5. The molecule has 0 fully saturated rings. The van der Waals surface area contributed by atoms with E-state index >= 15 is 0 Å². The molecule has 2 aliphatic rings. The predicted octanol–water partition coefficient (Wildman–Crippen LogP) is 7.82. The van der Waals surface area contributed by atoms with Gasteiger partial charge in [-0.05, 0) is 54.4 Å². The Balaban J connectivity index is 1.62. The number of hydrogen-bond donors (Lipinski definition) is 0. The van der Waals surface area contributed by atoms with Crippen LogP contribution in [0.25, 0.3) is 11.1 Å². The highest BCUT2D eigenvalue weighted by Crippen LogP contribution is 2.51. The van der Waals surface area contributed by atoms with E-state index in [9.17, 15) is 0 Å². The van der Waals surface area contributed by atoms with Crippen LogP contribution in [0.3, 0.4) is 0 Å². The lowest BCUT2D eigenvalue weighted by Gasteiger charge is -2.37. The maximum Gasteiger partial charge on any atom is 0.250 e. The van der Waals surface area contributed by atoms with E-state index in [0.717, 1.165) is 33.9 Å². The van der Waals surface area contributed by atoms with Crippen LogP contribution in [0.4, 0.5) is 0 Å². The Labute approximate surface area is 198 Å². The zero-order valence-electron chi connectivity index (χ0n) is 20.4. The summed E-state index contributed by atoms with van der Waals surface area (Å²) in [4.78, 5) is 0. The monoisotopic (exact) mass is 456 g/mol. The molecule has 3 nitrogen and oxygen atoms in total. The number of fused-ring (bicyclic) bond motifs is 4. The van der Waals surface area contributed by atoms with Crippen molar-refractivity contribution >= 4 is 19.5 Å². The maximum absolute atomic E-state index is 6.64. The zero-order valence-corrected chi connectivity index (χ0v) is 21.4. The molecule has 0 aromatic heterocycles. The number of ether oxygens (including phenoxy) is 2. The summed E-state index contributed by atoms with van der Waals surface area (Å²) in [6.45, 7) is 13.9. The normalized spacial score (nSPS) is 17.3. The van der Waals surface area contributed by atoms with Gasteiger partial charge in [-0.15, -0.1) is 0 Å². The molecule has 0 saturated heterocycles. The molecular weight excluding hydrogens is 424 g/mol. The lowest BCUT2D eigenvalue weighted by Crippen LogP contribution is -2.43. The molecule has 0 amide bonds. The number of rotatable bonds is 3. The van der Waals surface area contributed by atoms with Gasteiger partial charge in [0.05, 0.1) is 0 Å². The molecule has 0 spiro atoms. The van der Waals surface area contributed by atoms with Gasteiger partial charge >= 0.3 is 0 Å². The van der Waals surface area contributed by atoms with Crippen LogP contribution < -0.4 is 13.9 Å². The molecule has 0 N–H and O–H groups in total. The molecule has 3 aromatic carbocycles. The fourth-order valence-electron chi connectivity index (χ4n) is 4.29. The largest absolute Gasteiger partial charge is 0.543 e. The molecule has 3 aromatic rings. The van der Waals surface area contributed by atoms with Crippen LogP contribution in [0.2, 0.25) is 18.1 Å². The Kier molecular flexibility index (Phi) is 5.17. The van der Waals surface area contributed by atoms with Gasteiger partial charge in [0.15, 0.2) is 0 Å². The quantitative estimate of drug-likeness (QED) is 0.376. The van der Waals surface area contributed by atoms with Crippen molar-refractivity contribution in [1.82, 2.24) is 0 Å². The summed E-state index contributed by atoms with van der Waals surface area (Å²) in [5, 5.41) is 0.136. The van der Waals surface area contributed by atoms with E-state index in [1.165, 1.54) is 16.7 Å². The van der Waals surface area contributed by atoms with Gasteiger partial charge in [-0.1, -0.05) is 63.2 Å². The van der Waals surface area contributed by atoms with Gasteiger partial charge < -0.3 is 13.9 Å². The Morgan fingerprint density at radius 1 is 0.879 bits per heavy atom. The third-order valence-corrected chi connectivity index (χ3v) is 11.5. The van der Waals surface area contributed by atoms with E-state index < -0.39 is 8.32 Å². The van der Waals surface area contributed by atoms with Crippen molar-refractivity contribution in [1.29, 1.82) is 0 Å². The van der Waals surface area contributed by atoms with Crippen molar-refractivity contribution in [3.63, 3.8) is 0 Å². The average molecular weight is 457 g/mol. The SMILES string of the molecule is Cc1ccc2c(c1)OC(c1ccccc1)C1=C2COc2cc(O[Si](C)(C)C(C)(C)C)ccc21. The fraction of sp³-hybridized carbons (Fsp3) is 0.310. The highest BCUT2D eigenvalue weighted by atomic mass is 28.4. The Morgan fingerprint density at radius 3 is 2.33 bits per heavy atom. The van der Waals surface area contributed by atoms with Gasteiger partial charge in [0.25, 0.3) is 0 Å². The summed E-state index contributed by atoms with van der Waals surface area (Å²) >= 11 is 0. The minimum Gasteiger partial charge on any atom is -0.543 e. The van der Waals surface area contributed by atoms with Gasteiger partial charge in [0.2, 0.25) is 8.32 Å². The van der Waals surface area contributed by atoms with Gasteiger partial charge in [-0.25, -0.2) is 0 Å². The summed E-state index contributed by atoms with van der Waals surface area (Å²) in [7, 11) is -1.94. The van der Waals surface area contributed by atoms with Crippen LogP contribution in [0, 0.1) is 6.92 Å². The van der Waals surface area contributed by atoms with Gasteiger partial charge in [0.1, 0.15) is 30.0 Å². The van der Waals surface area contributed by atoms with Crippen molar-refractivity contribution < 1.29 is 13.9 Å². The van der Waals surface area contributed by atoms with Crippen molar-refractivity contribution in [2.75, 3.05) is 6.61 Å². The fourth-order valence-corrected chi connectivity index (χ4v) is 5.32. The van der Waals surface area contributed by atoms with E-state index in [-0.39, 0.29) is 11.1 Å². The van der Waals surface area contributed by atoms with E-state index in [2.05, 4.69) is 101 Å². The first-order valence-electron chi connectivity index (χ1n) is 11.7. The van der Waals surface area contributed by atoms with Crippen molar-refractivity contribution in [3.05, 3.63) is 89.0 Å². The molecule has 0 aliphatic carbocycles. The minimum absolute atomic E-state index is 0.136. The van der Waals surface area contributed by atoms with E-state index in [4.69, 9.17) is 13.9 Å². The first-order valence-corrected chi connectivity index (χ1v) is 14.6. The number of benzene rings is 3. The second kappa shape index (κ2) is 7.81. The Hall–Kier alpha value is -2.98. The molecule has 170 valence electrons. The van der Waals surface area contributed by atoms with E-state index in [1.807, 2.05) is 6.07 Å². The van der Waals surface area contributed by atoms with E-state index in [1.54, 1.807) is 0 Å². The van der Waals surface area contributed by atoms with Crippen LogP contribution in [0.15, 0.2) is 66.7 Å². The topological polar surface area (TPSA) is 27.7 Å². The first-order chi connectivity index (χ1) is 15.6. The van der Waals surface area contributed by atoms with Crippen LogP contribution in [0.5, 0.6) is 17.2 Å². The molecule has 2 aliphatic heterocycles. The Morgan fingerprint density at radius 2 is 1.61 bits per heavy atom. The van der Waals surface area contributed by atoms with E-state index in [0.29, 0.717) is 6.61 Å². The van der Waals surface area contributed by atoms with Crippen LogP contribution in [-0.2, 0) is 0 Å². The third-order valence-electron chi connectivity index (χ3n) is 7.19. The molecular formula is C29H32O3Si. The lowest BCUT2D eigenvalue weighted by atomic mass is 9.84. The molecule has 5 rings (SSSR count). The second-order valence-corrected chi connectivity index (χ2v) is 15.3. The van der Waals surface area contributed by atoms with Crippen molar-refractivity contribution in [2.45, 2.75) is 51.9 Å². The van der Waals surface area contributed by atoms with Gasteiger partial charge in [-0.3, -0.25) is 0 Å². The molecule has 4 heteroatoms. The molecule has 0 radical (unpaired) electrons. The summed E-state index contributed by atoms with van der Waals surface area (Å²) in [6, 6.07) is 23.2. The third kappa shape index (κ3) is 3.87. The summed E-state index contributed by atoms with van der Waals surface area (Å²) in [5.74, 6) is 2.67. The number of hydrogen-bond acceptors (Lipinski definition) is 3. The molecule has 0 bridgehead atoms. The zero-order chi connectivity index (χ0) is 23.4. The summed E-state index contributed by atoms with van der Waals surface area (Å²) in [6.07, 6.45) is -0.176. The highest BCUT2D eigenvalue weighted by molar-refractivity contribution is 6.74. The van der Waals surface area contributed by atoms with Crippen LogP contribution >= 0.6 is 0 Å².